The summed E-state index contributed by atoms with van der Waals surface area (Å²) in [5.41, 5.74) is 5.41. The van der Waals surface area contributed by atoms with Crippen molar-refractivity contribution in [3.63, 3.8) is 0 Å². The molecule has 0 saturated heterocycles. The molecular formula is C21H20N4O. The summed E-state index contributed by atoms with van der Waals surface area (Å²) in [4.78, 5) is 18.9. The number of amides is 1. The number of fused-ring (bicyclic) bond motifs is 3. The molecule has 0 aliphatic carbocycles. The van der Waals surface area contributed by atoms with Crippen LogP contribution in [0.25, 0.3) is 16.5 Å². The van der Waals surface area contributed by atoms with Gasteiger partial charge in [0, 0.05) is 41.3 Å². The third-order valence-electron chi connectivity index (χ3n) is 4.38. The van der Waals surface area contributed by atoms with Gasteiger partial charge in [0.05, 0.1) is 11.1 Å². The first-order chi connectivity index (χ1) is 12.6. The molecule has 2 aromatic carbocycles. The van der Waals surface area contributed by atoms with Crippen LogP contribution in [0.15, 0.2) is 60.9 Å². The Kier molecular flexibility index (Phi) is 4.14. The van der Waals surface area contributed by atoms with Gasteiger partial charge in [-0.15, -0.1) is 0 Å². The van der Waals surface area contributed by atoms with Crippen LogP contribution in [0.4, 0.5) is 11.4 Å². The van der Waals surface area contributed by atoms with Crippen molar-refractivity contribution in [2.75, 3.05) is 24.7 Å². The SMILES string of the molecule is CN(C)Cc1ccc(N/C=C2\C(=O)Nc3ccc4ncccc4c32)cc1. The minimum atomic E-state index is -0.104. The summed E-state index contributed by atoms with van der Waals surface area (Å²) in [6.07, 6.45) is 3.53. The summed E-state index contributed by atoms with van der Waals surface area (Å²) in [7, 11) is 4.10. The van der Waals surface area contributed by atoms with E-state index in [-0.39, 0.29) is 5.91 Å². The molecule has 1 aliphatic rings. The Labute approximate surface area is 152 Å². The van der Waals surface area contributed by atoms with E-state index < -0.39 is 0 Å². The zero-order valence-electron chi connectivity index (χ0n) is 14.8. The fourth-order valence-electron chi connectivity index (χ4n) is 3.21. The van der Waals surface area contributed by atoms with Crippen molar-refractivity contribution in [2.45, 2.75) is 6.54 Å². The second-order valence-corrected chi connectivity index (χ2v) is 6.65. The van der Waals surface area contributed by atoms with Crippen molar-refractivity contribution in [1.82, 2.24) is 9.88 Å². The van der Waals surface area contributed by atoms with Crippen LogP contribution in [0.2, 0.25) is 0 Å². The highest BCUT2D eigenvalue weighted by atomic mass is 16.2. The molecule has 26 heavy (non-hydrogen) atoms. The van der Waals surface area contributed by atoms with Gasteiger partial charge < -0.3 is 15.5 Å². The van der Waals surface area contributed by atoms with Gasteiger partial charge in [0.25, 0.3) is 5.91 Å². The van der Waals surface area contributed by atoms with Gasteiger partial charge in [-0.2, -0.15) is 0 Å². The van der Waals surface area contributed by atoms with Crippen LogP contribution in [0.5, 0.6) is 0 Å². The van der Waals surface area contributed by atoms with Gasteiger partial charge in [0.2, 0.25) is 0 Å². The number of rotatable bonds is 4. The van der Waals surface area contributed by atoms with Gasteiger partial charge in [-0.05, 0) is 50.0 Å². The summed E-state index contributed by atoms with van der Waals surface area (Å²) in [5, 5.41) is 7.14. The average molecular weight is 344 g/mol. The first-order valence-electron chi connectivity index (χ1n) is 8.51. The Balaban J connectivity index is 1.65. The predicted octanol–water partition coefficient (Wildman–Crippen LogP) is 3.70. The first kappa shape index (κ1) is 16.3. The van der Waals surface area contributed by atoms with Crippen LogP contribution in [0.3, 0.4) is 0 Å². The Morgan fingerprint density at radius 3 is 2.69 bits per heavy atom. The highest BCUT2D eigenvalue weighted by Gasteiger charge is 2.26. The second-order valence-electron chi connectivity index (χ2n) is 6.65. The number of aromatic nitrogens is 1. The molecule has 0 spiro atoms. The fraction of sp³-hybridized carbons (Fsp3) is 0.143. The number of benzene rings is 2. The van der Waals surface area contributed by atoms with E-state index in [0.29, 0.717) is 5.57 Å². The molecule has 0 unspecified atom stereocenters. The van der Waals surface area contributed by atoms with Gasteiger partial charge in [-0.3, -0.25) is 9.78 Å². The highest BCUT2D eigenvalue weighted by molar-refractivity contribution is 6.34. The Morgan fingerprint density at radius 1 is 1.12 bits per heavy atom. The Bertz CT molecular complexity index is 1010. The fourth-order valence-corrected chi connectivity index (χ4v) is 3.21. The zero-order valence-corrected chi connectivity index (χ0v) is 14.8. The number of carbonyl (C=O) groups excluding carboxylic acids is 1. The van der Waals surface area contributed by atoms with Crippen LogP contribution >= 0.6 is 0 Å². The number of nitrogens with one attached hydrogen (secondary N) is 2. The van der Waals surface area contributed by atoms with Crippen molar-refractivity contribution in [3.8, 4) is 0 Å². The van der Waals surface area contributed by atoms with Crippen molar-refractivity contribution in [2.24, 2.45) is 0 Å². The minimum Gasteiger partial charge on any atom is -0.361 e. The maximum atomic E-state index is 12.4. The first-order valence-corrected chi connectivity index (χ1v) is 8.51. The highest BCUT2D eigenvalue weighted by Crippen LogP contribution is 2.37. The number of pyridine rings is 1. The van der Waals surface area contributed by atoms with Gasteiger partial charge in [0.1, 0.15) is 0 Å². The third-order valence-corrected chi connectivity index (χ3v) is 4.38. The second kappa shape index (κ2) is 6.61. The standard InChI is InChI=1S/C21H20N4O/c1-25(2)13-14-5-7-15(8-6-14)23-12-17-20-16-4-3-11-22-18(16)9-10-19(20)24-21(17)26/h3-12,23H,13H2,1-2H3,(H,24,26)/b17-12-. The molecule has 0 saturated carbocycles. The quantitative estimate of drug-likeness (QED) is 0.709. The lowest BCUT2D eigenvalue weighted by molar-refractivity contribution is -0.110. The Hall–Kier alpha value is -3.18. The van der Waals surface area contributed by atoms with Crippen molar-refractivity contribution in [1.29, 1.82) is 0 Å². The van der Waals surface area contributed by atoms with E-state index in [1.165, 1.54) is 5.56 Å². The number of nitrogens with zero attached hydrogens (tertiary/aromatic N) is 2. The zero-order chi connectivity index (χ0) is 18.1. The summed E-state index contributed by atoms with van der Waals surface area (Å²) < 4.78 is 0. The summed E-state index contributed by atoms with van der Waals surface area (Å²) in [6.45, 7) is 0.899. The average Bonchev–Trinajstić information content (AvgIpc) is 2.96. The molecule has 5 nitrogen and oxygen atoms in total. The number of carbonyl (C=O) groups is 1. The van der Waals surface area contributed by atoms with E-state index in [1.54, 1.807) is 12.4 Å². The number of hydrogen-bond donors (Lipinski definition) is 2. The van der Waals surface area contributed by atoms with Gasteiger partial charge in [-0.1, -0.05) is 18.2 Å². The third kappa shape index (κ3) is 3.05. The summed E-state index contributed by atoms with van der Waals surface area (Å²) in [5.74, 6) is -0.104. The molecule has 1 amide bonds. The Morgan fingerprint density at radius 2 is 1.92 bits per heavy atom. The van der Waals surface area contributed by atoms with Gasteiger partial charge >= 0.3 is 0 Å². The van der Waals surface area contributed by atoms with Crippen LogP contribution < -0.4 is 10.6 Å². The lowest BCUT2D eigenvalue weighted by Gasteiger charge is -2.10. The van der Waals surface area contributed by atoms with Crippen LogP contribution in [0, 0.1) is 0 Å². The molecular weight excluding hydrogens is 324 g/mol. The molecule has 3 aromatic rings. The number of hydrogen-bond acceptors (Lipinski definition) is 4. The molecule has 0 bridgehead atoms. The van der Waals surface area contributed by atoms with Crippen LogP contribution in [0.1, 0.15) is 11.1 Å². The maximum absolute atomic E-state index is 12.4. The minimum absolute atomic E-state index is 0.104. The predicted molar refractivity (Wildman–Crippen MR) is 106 cm³/mol. The molecule has 2 N–H and O–H groups in total. The largest absolute Gasteiger partial charge is 0.361 e. The molecule has 4 rings (SSSR count). The molecule has 5 heteroatoms. The molecule has 1 aromatic heterocycles. The molecule has 0 radical (unpaired) electrons. The maximum Gasteiger partial charge on any atom is 0.257 e. The normalized spacial score (nSPS) is 14.7. The van der Waals surface area contributed by atoms with E-state index in [0.717, 1.165) is 34.4 Å². The lowest BCUT2D eigenvalue weighted by Crippen LogP contribution is -2.10. The van der Waals surface area contributed by atoms with Crippen molar-refractivity contribution < 1.29 is 4.79 Å². The molecule has 2 heterocycles. The molecule has 0 atom stereocenters. The molecule has 1 aliphatic heterocycles. The van der Waals surface area contributed by atoms with Crippen LogP contribution in [-0.4, -0.2) is 29.9 Å². The van der Waals surface area contributed by atoms with E-state index in [4.69, 9.17) is 0 Å². The van der Waals surface area contributed by atoms with Crippen molar-refractivity contribution in [3.05, 3.63) is 72.1 Å². The van der Waals surface area contributed by atoms with Gasteiger partial charge in [-0.25, -0.2) is 0 Å². The summed E-state index contributed by atoms with van der Waals surface area (Å²) >= 11 is 0. The molecule has 130 valence electrons. The van der Waals surface area contributed by atoms with Gasteiger partial charge in [0.15, 0.2) is 0 Å². The van der Waals surface area contributed by atoms with E-state index in [1.807, 2.05) is 50.5 Å². The van der Waals surface area contributed by atoms with Crippen LogP contribution in [-0.2, 0) is 11.3 Å². The smallest absolute Gasteiger partial charge is 0.257 e. The van der Waals surface area contributed by atoms with E-state index >= 15 is 0 Å². The van der Waals surface area contributed by atoms with E-state index in [2.05, 4.69) is 32.7 Å². The topological polar surface area (TPSA) is 57.3 Å². The lowest BCUT2D eigenvalue weighted by atomic mass is 10.0. The van der Waals surface area contributed by atoms with Crippen molar-refractivity contribution >= 4 is 33.8 Å². The van der Waals surface area contributed by atoms with E-state index in [9.17, 15) is 4.79 Å². The summed E-state index contributed by atoms with van der Waals surface area (Å²) in [6, 6.07) is 15.9. The number of anilines is 2. The molecule has 0 fully saturated rings. The monoisotopic (exact) mass is 344 g/mol.